The first-order valence-corrected chi connectivity index (χ1v) is 6.68. The Morgan fingerprint density at radius 2 is 2.05 bits per heavy atom. The minimum atomic E-state index is -0.166. The van der Waals surface area contributed by atoms with Crippen molar-refractivity contribution in [3.8, 4) is 0 Å². The zero-order chi connectivity index (χ0) is 14.0. The highest BCUT2D eigenvalue weighted by Gasteiger charge is 2.23. The van der Waals surface area contributed by atoms with Crippen molar-refractivity contribution >= 4 is 22.5 Å². The SMILES string of the molecule is CCC(C)(CC)NC(=O)c1c[nH]c2ccc(N)cc12. The van der Waals surface area contributed by atoms with E-state index < -0.39 is 0 Å². The molecule has 0 radical (unpaired) electrons. The molecular formula is C15H21N3O. The minimum Gasteiger partial charge on any atom is -0.399 e. The summed E-state index contributed by atoms with van der Waals surface area (Å²) in [5.74, 6) is -0.0527. The molecule has 0 fully saturated rings. The van der Waals surface area contributed by atoms with E-state index in [9.17, 15) is 4.79 Å². The molecule has 1 aromatic carbocycles. The van der Waals surface area contributed by atoms with Crippen LogP contribution in [-0.2, 0) is 0 Å². The van der Waals surface area contributed by atoms with E-state index in [1.807, 2.05) is 18.2 Å². The summed E-state index contributed by atoms with van der Waals surface area (Å²) >= 11 is 0. The number of nitrogens with two attached hydrogens (primary N) is 1. The monoisotopic (exact) mass is 259 g/mol. The number of carbonyl (C=O) groups excluding carboxylic acids is 1. The highest BCUT2D eigenvalue weighted by Crippen LogP contribution is 2.22. The molecule has 0 spiro atoms. The van der Waals surface area contributed by atoms with Crippen molar-refractivity contribution in [1.82, 2.24) is 10.3 Å². The van der Waals surface area contributed by atoms with Gasteiger partial charge in [-0.1, -0.05) is 13.8 Å². The highest BCUT2D eigenvalue weighted by atomic mass is 16.1. The Balaban J connectivity index is 2.34. The van der Waals surface area contributed by atoms with Crippen LogP contribution < -0.4 is 11.1 Å². The summed E-state index contributed by atoms with van der Waals surface area (Å²) in [5.41, 5.74) is 7.86. The lowest BCUT2D eigenvalue weighted by Crippen LogP contribution is -2.44. The van der Waals surface area contributed by atoms with Gasteiger partial charge in [-0.25, -0.2) is 0 Å². The molecule has 0 saturated carbocycles. The average Bonchev–Trinajstić information content (AvgIpc) is 2.81. The molecule has 0 unspecified atom stereocenters. The van der Waals surface area contributed by atoms with Gasteiger partial charge < -0.3 is 16.0 Å². The summed E-state index contributed by atoms with van der Waals surface area (Å²) in [5, 5.41) is 3.97. The third kappa shape index (κ3) is 2.57. The first kappa shape index (κ1) is 13.5. The molecule has 2 rings (SSSR count). The van der Waals surface area contributed by atoms with Crippen LogP contribution in [0.2, 0.25) is 0 Å². The van der Waals surface area contributed by atoms with Crippen LogP contribution in [0.15, 0.2) is 24.4 Å². The highest BCUT2D eigenvalue weighted by molar-refractivity contribution is 6.07. The van der Waals surface area contributed by atoms with E-state index in [2.05, 4.69) is 31.1 Å². The molecule has 0 saturated heterocycles. The number of carbonyl (C=O) groups is 1. The van der Waals surface area contributed by atoms with Crippen molar-refractivity contribution in [3.05, 3.63) is 30.0 Å². The van der Waals surface area contributed by atoms with Gasteiger partial charge in [0, 0.05) is 28.3 Å². The van der Waals surface area contributed by atoms with Crippen molar-refractivity contribution in [2.45, 2.75) is 39.2 Å². The van der Waals surface area contributed by atoms with Crippen molar-refractivity contribution < 1.29 is 4.79 Å². The number of hydrogen-bond acceptors (Lipinski definition) is 2. The van der Waals surface area contributed by atoms with Crippen LogP contribution in [0, 0.1) is 0 Å². The molecule has 0 atom stereocenters. The van der Waals surface area contributed by atoms with Crippen molar-refractivity contribution in [3.63, 3.8) is 0 Å². The summed E-state index contributed by atoms with van der Waals surface area (Å²) in [6.45, 7) is 6.22. The number of aromatic nitrogens is 1. The number of aromatic amines is 1. The van der Waals surface area contributed by atoms with Gasteiger partial charge in [0.15, 0.2) is 0 Å². The number of benzene rings is 1. The van der Waals surface area contributed by atoms with Crippen LogP contribution in [0.4, 0.5) is 5.69 Å². The molecule has 102 valence electrons. The molecule has 0 aliphatic heterocycles. The first-order chi connectivity index (χ1) is 8.99. The lowest BCUT2D eigenvalue weighted by atomic mass is 9.95. The second kappa shape index (κ2) is 4.96. The zero-order valence-corrected chi connectivity index (χ0v) is 11.7. The molecule has 1 aromatic heterocycles. The van der Waals surface area contributed by atoms with Gasteiger partial charge in [0.25, 0.3) is 5.91 Å². The van der Waals surface area contributed by atoms with Gasteiger partial charge in [0.05, 0.1) is 5.56 Å². The maximum atomic E-state index is 12.4. The molecule has 0 aliphatic carbocycles. The molecular weight excluding hydrogens is 238 g/mol. The van der Waals surface area contributed by atoms with Crippen LogP contribution in [-0.4, -0.2) is 16.4 Å². The Hall–Kier alpha value is -1.97. The summed E-state index contributed by atoms with van der Waals surface area (Å²) in [6.07, 6.45) is 3.55. The summed E-state index contributed by atoms with van der Waals surface area (Å²) in [7, 11) is 0. The standard InChI is InChI=1S/C15H21N3O/c1-4-15(3,5-2)18-14(19)12-9-17-13-7-6-10(16)8-11(12)13/h6-9,17H,4-5,16H2,1-3H3,(H,18,19). The fraction of sp³-hybridized carbons (Fsp3) is 0.400. The maximum Gasteiger partial charge on any atom is 0.253 e. The van der Waals surface area contributed by atoms with E-state index in [-0.39, 0.29) is 11.4 Å². The molecule has 1 amide bonds. The molecule has 0 bridgehead atoms. The lowest BCUT2D eigenvalue weighted by molar-refractivity contribution is 0.0903. The van der Waals surface area contributed by atoms with Gasteiger partial charge >= 0.3 is 0 Å². The average molecular weight is 259 g/mol. The number of hydrogen-bond donors (Lipinski definition) is 3. The lowest BCUT2D eigenvalue weighted by Gasteiger charge is -2.28. The van der Waals surface area contributed by atoms with Crippen molar-refractivity contribution in [2.75, 3.05) is 5.73 Å². The smallest absolute Gasteiger partial charge is 0.253 e. The minimum absolute atomic E-state index is 0.0527. The molecule has 19 heavy (non-hydrogen) atoms. The number of rotatable bonds is 4. The third-order valence-corrected chi connectivity index (χ3v) is 3.93. The van der Waals surface area contributed by atoms with E-state index in [0.717, 1.165) is 23.7 Å². The number of H-pyrrole nitrogens is 1. The van der Waals surface area contributed by atoms with E-state index in [1.165, 1.54) is 0 Å². The van der Waals surface area contributed by atoms with Gasteiger partial charge in [0.1, 0.15) is 0 Å². The number of fused-ring (bicyclic) bond motifs is 1. The van der Waals surface area contributed by atoms with E-state index in [0.29, 0.717) is 11.3 Å². The van der Waals surface area contributed by atoms with Crippen LogP contribution in [0.3, 0.4) is 0 Å². The van der Waals surface area contributed by atoms with Crippen LogP contribution >= 0.6 is 0 Å². The number of nitrogen functional groups attached to an aromatic ring is 1. The van der Waals surface area contributed by atoms with Crippen LogP contribution in [0.25, 0.3) is 10.9 Å². The van der Waals surface area contributed by atoms with Crippen molar-refractivity contribution in [1.29, 1.82) is 0 Å². The van der Waals surface area contributed by atoms with Gasteiger partial charge in [-0.15, -0.1) is 0 Å². The van der Waals surface area contributed by atoms with Gasteiger partial charge in [-0.2, -0.15) is 0 Å². The molecule has 0 aliphatic rings. The fourth-order valence-corrected chi connectivity index (χ4v) is 2.09. The number of nitrogens with one attached hydrogen (secondary N) is 2. The normalized spacial score (nSPS) is 11.7. The molecule has 1 heterocycles. The van der Waals surface area contributed by atoms with Crippen LogP contribution in [0.5, 0.6) is 0 Å². The van der Waals surface area contributed by atoms with E-state index in [4.69, 9.17) is 5.73 Å². The van der Waals surface area contributed by atoms with Crippen molar-refractivity contribution in [2.24, 2.45) is 0 Å². The quantitative estimate of drug-likeness (QED) is 0.738. The zero-order valence-electron chi connectivity index (χ0n) is 11.7. The van der Waals surface area contributed by atoms with Gasteiger partial charge in [-0.05, 0) is 38.0 Å². The third-order valence-electron chi connectivity index (χ3n) is 3.93. The molecule has 4 heteroatoms. The molecule has 4 N–H and O–H groups in total. The fourth-order valence-electron chi connectivity index (χ4n) is 2.09. The second-order valence-corrected chi connectivity index (χ2v) is 5.23. The number of anilines is 1. The van der Waals surface area contributed by atoms with E-state index in [1.54, 1.807) is 6.20 Å². The Bertz CT molecular complexity index is 596. The topological polar surface area (TPSA) is 70.9 Å². The predicted octanol–water partition coefficient (Wildman–Crippen LogP) is 3.06. The Kier molecular flexibility index (Phi) is 3.51. The number of amides is 1. The maximum absolute atomic E-state index is 12.4. The Labute approximate surface area is 113 Å². The Morgan fingerprint density at radius 3 is 2.68 bits per heavy atom. The molecule has 4 nitrogen and oxygen atoms in total. The van der Waals surface area contributed by atoms with Crippen LogP contribution in [0.1, 0.15) is 44.0 Å². The first-order valence-electron chi connectivity index (χ1n) is 6.68. The summed E-state index contributed by atoms with van der Waals surface area (Å²) < 4.78 is 0. The van der Waals surface area contributed by atoms with Gasteiger partial charge in [-0.3, -0.25) is 4.79 Å². The van der Waals surface area contributed by atoms with E-state index >= 15 is 0 Å². The van der Waals surface area contributed by atoms with Gasteiger partial charge in [0.2, 0.25) is 0 Å². The summed E-state index contributed by atoms with van der Waals surface area (Å²) in [4.78, 5) is 15.5. The predicted molar refractivity (Wildman–Crippen MR) is 79.2 cm³/mol. The Morgan fingerprint density at radius 1 is 1.37 bits per heavy atom. The second-order valence-electron chi connectivity index (χ2n) is 5.23. The largest absolute Gasteiger partial charge is 0.399 e. The molecule has 2 aromatic rings. The summed E-state index contributed by atoms with van der Waals surface area (Å²) in [6, 6.07) is 5.54.